The third kappa shape index (κ3) is 16.4. The first kappa shape index (κ1) is 15.7. The Bertz CT molecular complexity index is 33.6. The van der Waals surface area contributed by atoms with E-state index in [0.29, 0.717) is 5.92 Å². The van der Waals surface area contributed by atoms with Crippen LogP contribution in [-0.2, 0) is 4.74 Å². The van der Waals surface area contributed by atoms with Crippen molar-refractivity contribution >= 4 is 12.4 Å². The van der Waals surface area contributed by atoms with Crippen molar-refractivity contribution in [2.24, 2.45) is 5.92 Å². The van der Waals surface area contributed by atoms with Crippen molar-refractivity contribution in [3.05, 3.63) is 0 Å². The second kappa shape index (κ2) is 10.2. The van der Waals surface area contributed by atoms with Crippen molar-refractivity contribution in [3.8, 4) is 0 Å². The van der Waals surface area contributed by atoms with Crippen LogP contribution in [-0.4, -0.2) is 13.7 Å². The summed E-state index contributed by atoms with van der Waals surface area (Å²) in [6.45, 7) is 5.13. The molecule has 0 rings (SSSR count). The molecule has 0 atom stereocenters. The van der Waals surface area contributed by atoms with E-state index in [0.717, 1.165) is 6.61 Å². The first-order valence-electron chi connectivity index (χ1n) is 2.26. The van der Waals surface area contributed by atoms with Crippen LogP contribution in [0.3, 0.4) is 0 Å². The summed E-state index contributed by atoms with van der Waals surface area (Å²) in [4.78, 5) is 0. The zero-order chi connectivity index (χ0) is 4.99. The molecule has 0 aromatic heterocycles. The van der Waals surface area contributed by atoms with E-state index < -0.39 is 0 Å². The highest BCUT2D eigenvalue weighted by Crippen LogP contribution is 1.88. The quantitative estimate of drug-likeness (QED) is 0.638. The molecule has 0 aliphatic rings. The Labute approximate surface area is 57.6 Å². The van der Waals surface area contributed by atoms with Crippen LogP contribution < -0.4 is 6.15 Å². The Morgan fingerprint density at radius 1 is 1.38 bits per heavy atom. The average molecular weight is 142 g/mol. The van der Waals surface area contributed by atoms with Crippen molar-refractivity contribution in [1.29, 1.82) is 0 Å². The lowest BCUT2D eigenvalue weighted by molar-refractivity contribution is 0.167. The van der Waals surface area contributed by atoms with Gasteiger partial charge in [0.15, 0.2) is 0 Å². The molecule has 0 bridgehead atoms. The highest BCUT2D eigenvalue weighted by Gasteiger charge is 1.85. The summed E-state index contributed by atoms with van der Waals surface area (Å²) in [5.41, 5.74) is 0. The van der Waals surface area contributed by atoms with Crippen LogP contribution in [0.1, 0.15) is 13.8 Å². The number of halogens is 1. The lowest BCUT2D eigenvalue weighted by atomic mass is 10.2. The van der Waals surface area contributed by atoms with E-state index in [2.05, 4.69) is 13.8 Å². The van der Waals surface area contributed by atoms with Gasteiger partial charge in [-0.1, -0.05) is 13.8 Å². The summed E-state index contributed by atoms with van der Waals surface area (Å²) >= 11 is 0. The number of ether oxygens (including phenoxy) is 1. The Balaban J connectivity index is -0.000000125. The molecule has 0 aromatic rings. The molecular weight excluding hydrogens is 126 g/mol. The maximum absolute atomic E-state index is 4.80. The molecule has 0 aromatic carbocycles. The van der Waals surface area contributed by atoms with E-state index in [4.69, 9.17) is 4.74 Å². The minimum absolute atomic E-state index is 0. The molecule has 0 radical (unpaired) electrons. The number of methoxy groups -OCH3 is 1. The summed E-state index contributed by atoms with van der Waals surface area (Å²) < 4.78 is 4.80. The molecular formula is C5H16ClNO. The molecule has 0 saturated carbocycles. The fourth-order valence-corrected chi connectivity index (χ4v) is 0.333. The van der Waals surface area contributed by atoms with Crippen LogP contribution in [0, 0.1) is 5.92 Å². The van der Waals surface area contributed by atoms with Crippen LogP contribution in [0.25, 0.3) is 0 Å². The standard InChI is InChI=1S/C5H12O.ClH.H3N/c1-5(2)4-6-3;;/h5H,4H2,1-3H3;1H;1H3. The second-order valence-corrected chi connectivity index (χ2v) is 1.85. The van der Waals surface area contributed by atoms with Crippen molar-refractivity contribution < 1.29 is 4.74 Å². The third-order valence-electron chi connectivity index (χ3n) is 0.500. The highest BCUT2D eigenvalue weighted by atomic mass is 35.5. The molecule has 0 aliphatic carbocycles. The topological polar surface area (TPSA) is 44.2 Å². The maximum atomic E-state index is 4.80. The zero-order valence-corrected chi connectivity index (χ0v) is 6.62. The fraction of sp³-hybridized carbons (Fsp3) is 1.00. The monoisotopic (exact) mass is 141 g/mol. The largest absolute Gasteiger partial charge is 0.384 e. The molecule has 2 nitrogen and oxygen atoms in total. The van der Waals surface area contributed by atoms with Gasteiger partial charge in [0.25, 0.3) is 0 Å². The van der Waals surface area contributed by atoms with Crippen LogP contribution in [0.4, 0.5) is 0 Å². The minimum atomic E-state index is 0. The molecule has 8 heavy (non-hydrogen) atoms. The van der Waals surface area contributed by atoms with E-state index in [-0.39, 0.29) is 18.6 Å². The van der Waals surface area contributed by atoms with E-state index in [9.17, 15) is 0 Å². The van der Waals surface area contributed by atoms with E-state index in [1.165, 1.54) is 0 Å². The third-order valence-corrected chi connectivity index (χ3v) is 0.500. The van der Waals surface area contributed by atoms with Crippen molar-refractivity contribution in [2.45, 2.75) is 13.8 Å². The second-order valence-electron chi connectivity index (χ2n) is 1.85. The SMILES string of the molecule is COCC(C)C.Cl.N. The molecule has 0 heterocycles. The Morgan fingerprint density at radius 3 is 1.75 bits per heavy atom. The molecule has 54 valence electrons. The molecule has 0 aliphatic heterocycles. The summed E-state index contributed by atoms with van der Waals surface area (Å²) in [5.74, 6) is 0.676. The number of hydrogen-bond donors (Lipinski definition) is 1. The predicted octanol–water partition coefficient (Wildman–Crippen LogP) is 1.87. The van der Waals surface area contributed by atoms with Gasteiger partial charge in [-0.2, -0.15) is 0 Å². The van der Waals surface area contributed by atoms with Gasteiger partial charge in [-0.15, -0.1) is 12.4 Å². The van der Waals surface area contributed by atoms with E-state index >= 15 is 0 Å². The molecule has 3 N–H and O–H groups in total. The van der Waals surface area contributed by atoms with E-state index in [1.54, 1.807) is 7.11 Å². The van der Waals surface area contributed by atoms with Crippen molar-refractivity contribution in [3.63, 3.8) is 0 Å². The first-order chi connectivity index (χ1) is 2.77. The summed E-state index contributed by atoms with van der Waals surface area (Å²) in [6.07, 6.45) is 0. The Morgan fingerprint density at radius 2 is 1.75 bits per heavy atom. The van der Waals surface area contributed by atoms with Gasteiger partial charge >= 0.3 is 0 Å². The van der Waals surface area contributed by atoms with Crippen LogP contribution in [0.5, 0.6) is 0 Å². The van der Waals surface area contributed by atoms with Gasteiger partial charge in [-0.25, -0.2) is 0 Å². The first-order valence-corrected chi connectivity index (χ1v) is 2.26. The fourth-order valence-electron chi connectivity index (χ4n) is 0.333. The Hall–Kier alpha value is 0.210. The highest BCUT2D eigenvalue weighted by molar-refractivity contribution is 5.85. The van der Waals surface area contributed by atoms with E-state index in [1.807, 2.05) is 0 Å². The molecule has 3 heteroatoms. The van der Waals surface area contributed by atoms with Gasteiger partial charge in [-0.3, -0.25) is 0 Å². The zero-order valence-electron chi connectivity index (χ0n) is 5.81. The molecule has 0 amide bonds. The summed E-state index contributed by atoms with van der Waals surface area (Å²) in [7, 11) is 1.72. The van der Waals surface area contributed by atoms with Crippen LogP contribution in [0.15, 0.2) is 0 Å². The minimum Gasteiger partial charge on any atom is -0.384 e. The molecule has 0 unspecified atom stereocenters. The van der Waals surface area contributed by atoms with Crippen molar-refractivity contribution in [1.82, 2.24) is 6.15 Å². The molecule has 0 saturated heterocycles. The normalized spacial score (nSPS) is 7.50. The summed E-state index contributed by atoms with van der Waals surface area (Å²) in [6, 6.07) is 0. The number of hydrogen-bond acceptors (Lipinski definition) is 2. The van der Waals surface area contributed by atoms with Gasteiger partial charge in [-0.05, 0) is 5.92 Å². The average Bonchev–Trinajstić information content (AvgIpc) is 1.35. The van der Waals surface area contributed by atoms with Crippen molar-refractivity contribution in [2.75, 3.05) is 13.7 Å². The van der Waals surface area contributed by atoms with Gasteiger partial charge in [0.2, 0.25) is 0 Å². The maximum Gasteiger partial charge on any atom is 0.0485 e. The summed E-state index contributed by atoms with van der Waals surface area (Å²) in [5, 5.41) is 0. The lowest BCUT2D eigenvalue weighted by Crippen LogP contribution is -1.96. The van der Waals surface area contributed by atoms with Gasteiger partial charge in [0, 0.05) is 13.7 Å². The Kier molecular flexibility index (Phi) is 20.1. The molecule has 0 fully saturated rings. The van der Waals surface area contributed by atoms with Gasteiger partial charge in [0.1, 0.15) is 0 Å². The smallest absolute Gasteiger partial charge is 0.0485 e. The lowest BCUT2D eigenvalue weighted by Gasteiger charge is -1.97. The van der Waals surface area contributed by atoms with Gasteiger partial charge < -0.3 is 10.9 Å². The van der Waals surface area contributed by atoms with Gasteiger partial charge in [0.05, 0.1) is 0 Å². The number of rotatable bonds is 2. The predicted molar refractivity (Wildman–Crippen MR) is 39.0 cm³/mol. The molecule has 0 spiro atoms. The van der Waals surface area contributed by atoms with Crippen LogP contribution in [0.2, 0.25) is 0 Å². The van der Waals surface area contributed by atoms with Crippen LogP contribution >= 0.6 is 12.4 Å².